The first-order chi connectivity index (χ1) is 15.0. The summed E-state index contributed by atoms with van der Waals surface area (Å²) in [5, 5.41) is 12.8. The molecule has 0 aliphatic heterocycles. The zero-order valence-electron chi connectivity index (χ0n) is 17.2. The van der Waals surface area contributed by atoms with Crippen LogP contribution >= 0.6 is 11.6 Å². The molecule has 3 aromatic rings. The van der Waals surface area contributed by atoms with Gasteiger partial charge in [0, 0.05) is 22.3 Å². The lowest BCUT2D eigenvalue weighted by Crippen LogP contribution is -2.13. The van der Waals surface area contributed by atoms with Gasteiger partial charge in [-0.25, -0.2) is 0 Å². The van der Waals surface area contributed by atoms with Crippen LogP contribution in [0.1, 0.15) is 16.7 Å². The lowest BCUT2D eigenvalue weighted by molar-refractivity contribution is -0.112. The number of carbonyl (C=O) groups excluding carboxylic acids is 1. The lowest BCUT2D eigenvalue weighted by Gasteiger charge is -2.12. The van der Waals surface area contributed by atoms with Crippen LogP contribution in [-0.2, 0) is 11.4 Å². The largest absolute Gasteiger partial charge is 0.497 e. The molecule has 1 amide bonds. The summed E-state index contributed by atoms with van der Waals surface area (Å²) in [6.45, 7) is 2.36. The Morgan fingerprint density at radius 1 is 1.10 bits per heavy atom. The van der Waals surface area contributed by atoms with E-state index in [9.17, 15) is 10.1 Å². The lowest BCUT2D eigenvalue weighted by atomic mass is 10.1. The Balaban J connectivity index is 1.83. The highest BCUT2D eigenvalue weighted by Crippen LogP contribution is 2.28. The normalized spacial score (nSPS) is 10.8. The van der Waals surface area contributed by atoms with Crippen molar-refractivity contribution in [2.45, 2.75) is 13.5 Å². The number of halogens is 1. The minimum Gasteiger partial charge on any atom is -0.497 e. The quantitative estimate of drug-likeness (QED) is 0.379. The topological polar surface area (TPSA) is 71.3 Å². The number of carbonyl (C=O) groups is 1. The van der Waals surface area contributed by atoms with Gasteiger partial charge in [-0.05, 0) is 55.0 Å². The van der Waals surface area contributed by atoms with Crippen LogP contribution in [0, 0.1) is 18.3 Å². The van der Waals surface area contributed by atoms with E-state index in [1.807, 2.05) is 37.3 Å². The molecule has 0 radical (unpaired) electrons. The number of anilines is 1. The third-order valence-electron chi connectivity index (χ3n) is 4.50. The number of nitrogens with one attached hydrogen (secondary N) is 1. The second kappa shape index (κ2) is 10.3. The summed E-state index contributed by atoms with van der Waals surface area (Å²) >= 11 is 5.87. The molecule has 0 aromatic heterocycles. The number of nitriles is 1. The molecule has 0 heterocycles. The predicted octanol–water partition coefficient (Wildman–Crippen LogP) is 5.78. The van der Waals surface area contributed by atoms with Gasteiger partial charge in [0.05, 0.1) is 7.11 Å². The molecular formula is C25H21ClN2O3. The predicted molar refractivity (Wildman–Crippen MR) is 122 cm³/mol. The summed E-state index contributed by atoms with van der Waals surface area (Å²) in [5.74, 6) is 0.595. The molecular weight excluding hydrogens is 412 g/mol. The highest BCUT2D eigenvalue weighted by Gasteiger charge is 2.12. The van der Waals surface area contributed by atoms with Crippen LogP contribution in [0.2, 0.25) is 5.02 Å². The van der Waals surface area contributed by atoms with Crippen molar-refractivity contribution in [1.29, 1.82) is 5.26 Å². The van der Waals surface area contributed by atoms with Gasteiger partial charge in [0.2, 0.25) is 0 Å². The first-order valence-corrected chi connectivity index (χ1v) is 9.91. The Kier molecular flexibility index (Phi) is 7.31. The highest BCUT2D eigenvalue weighted by atomic mass is 35.5. The molecule has 0 spiro atoms. The summed E-state index contributed by atoms with van der Waals surface area (Å²) in [6.07, 6.45) is 1.50. The number of nitrogens with zero attached hydrogens (tertiary/aromatic N) is 1. The first kappa shape index (κ1) is 21.9. The average molecular weight is 433 g/mol. The molecule has 156 valence electrons. The molecule has 0 saturated carbocycles. The Morgan fingerprint density at radius 2 is 1.81 bits per heavy atom. The molecule has 0 aliphatic carbocycles. The van der Waals surface area contributed by atoms with E-state index in [1.54, 1.807) is 49.6 Å². The highest BCUT2D eigenvalue weighted by molar-refractivity contribution is 6.30. The number of hydrogen-bond acceptors (Lipinski definition) is 4. The third kappa shape index (κ3) is 6.11. The van der Waals surface area contributed by atoms with Crippen molar-refractivity contribution in [2.75, 3.05) is 12.4 Å². The van der Waals surface area contributed by atoms with Crippen LogP contribution < -0.4 is 14.8 Å². The fourth-order valence-electron chi connectivity index (χ4n) is 2.77. The van der Waals surface area contributed by atoms with Gasteiger partial charge in [0.25, 0.3) is 5.91 Å². The minimum atomic E-state index is -0.523. The van der Waals surface area contributed by atoms with Crippen LogP contribution in [0.25, 0.3) is 6.08 Å². The summed E-state index contributed by atoms with van der Waals surface area (Å²) in [4.78, 5) is 12.6. The van der Waals surface area contributed by atoms with Gasteiger partial charge in [-0.3, -0.25) is 4.79 Å². The molecule has 0 unspecified atom stereocenters. The maximum absolute atomic E-state index is 12.6. The number of hydrogen-bond donors (Lipinski definition) is 1. The zero-order chi connectivity index (χ0) is 22.2. The van der Waals surface area contributed by atoms with E-state index in [1.165, 1.54) is 11.6 Å². The fourth-order valence-corrected chi connectivity index (χ4v) is 2.89. The van der Waals surface area contributed by atoms with Gasteiger partial charge in [0.1, 0.15) is 29.7 Å². The Bertz CT molecular complexity index is 1130. The standard InChI is InChI=1S/C25H21ClN2O3/c1-17-3-5-18(6-4-17)16-31-24-14-23(30-2)12-7-19(24)13-20(15-27)25(29)28-22-10-8-21(26)9-11-22/h3-14H,16H2,1-2H3,(H,28,29)/b20-13+. The van der Waals surface area contributed by atoms with Crippen LogP contribution in [0.15, 0.2) is 72.3 Å². The third-order valence-corrected chi connectivity index (χ3v) is 4.75. The Hall–Kier alpha value is -3.75. The molecule has 31 heavy (non-hydrogen) atoms. The molecule has 0 atom stereocenters. The van der Waals surface area contributed by atoms with Gasteiger partial charge in [-0.1, -0.05) is 41.4 Å². The van der Waals surface area contributed by atoms with Gasteiger partial charge >= 0.3 is 0 Å². The summed E-state index contributed by atoms with van der Waals surface area (Å²) in [7, 11) is 1.56. The van der Waals surface area contributed by atoms with E-state index in [2.05, 4.69) is 5.32 Å². The second-order valence-corrected chi connectivity index (χ2v) is 7.25. The number of rotatable bonds is 7. The molecule has 0 bridgehead atoms. The number of ether oxygens (including phenoxy) is 2. The van der Waals surface area contributed by atoms with Gasteiger partial charge in [-0.15, -0.1) is 0 Å². The zero-order valence-corrected chi connectivity index (χ0v) is 17.9. The van der Waals surface area contributed by atoms with Crippen molar-refractivity contribution in [2.24, 2.45) is 0 Å². The first-order valence-electron chi connectivity index (χ1n) is 9.53. The smallest absolute Gasteiger partial charge is 0.266 e. The molecule has 0 fully saturated rings. The molecule has 1 N–H and O–H groups in total. The van der Waals surface area contributed by atoms with Crippen molar-refractivity contribution < 1.29 is 14.3 Å². The number of aryl methyl sites for hydroxylation is 1. The monoisotopic (exact) mass is 432 g/mol. The molecule has 0 saturated heterocycles. The number of benzene rings is 3. The SMILES string of the molecule is COc1ccc(/C=C(\C#N)C(=O)Nc2ccc(Cl)cc2)c(OCc2ccc(C)cc2)c1. The Morgan fingerprint density at radius 3 is 2.45 bits per heavy atom. The van der Waals surface area contributed by atoms with Crippen molar-refractivity contribution in [3.8, 4) is 17.6 Å². The second-order valence-electron chi connectivity index (χ2n) is 6.81. The Labute approximate surface area is 186 Å². The summed E-state index contributed by atoms with van der Waals surface area (Å²) in [5.41, 5.74) is 3.25. The van der Waals surface area contributed by atoms with E-state index in [-0.39, 0.29) is 5.57 Å². The van der Waals surface area contributed by atoms with Crippen LogP contribution in [0.3, 0.4) is 0 Å². The summed E-state index contributed by atoms with van der Waals surface area (Å²) in [6, 6.07) is 21.8. The number of amides is 1. The van der Waals surface area contributed by atoms with E-state index >= 15 is 0 Å². The van der Waals surface area contributed by atoms with Gasteiger partial charge in [0.15, 0.2) is 0 Å². The molecule has 5 nitrogen and oxygen atoms in total. The molecule has 3 aromatic carbocycles. The van der Waals surface area contributed by atoms with E-state index in [0.717, 1.165) is 5.56 Å². The van der Waals surface area contributed by atoms with Crippen LogP contribution in [0.5, 0.6) is 11.5 Å². The molecule has 0 aliphatic rings. The van der Waals surface area contributed by atoms with E-state index in [4.69, 9.17) is 21.1 Å². The van der Waals surface area contributed by atoms with Crippen molar-refractivity contribution in [1.82, 2.24) is 0 Å². The fraction of sp³-hybridized carbons (Fsp3) is 0.120. The summed E-state index contributed by atoms with van der Waals surface area (Å²) < 4.78 is 11.3. The molecule has 3 rings (SSSR count). The van der Waals surface area contributed by atoms with Crippen molar-refractivity contribution in [3.63, 3.8) is 0 Å². The van der Waals surface area contributed by atoms with Crippen molar-refractivity contribution >= 4 is 29.3 Å². The van der Waals surface area contributed by atoms with Gasteiger partial charge in [-0.2, -0.15) is 5.26 Å². The minimum absolute atomic E-state index is 0.0553. The maximum atomic E-state index is 12.6. The number of methoxy groups -OCH3 is 1. The maximum Gasteiger partial charge on any atom is 0.266 e. The van der Waals surface area contributed by atoms with Crippen LogP contribution in [0.4, 0.5) is 5.69 Å². The van der Waals surface area contributed by atoms with E-state index < -0.39 is 5.91 Å². The van der Waals surface area contributed by atoms with E-state index in [0.29, 0.717) is 34.4 Å². The van der Waals surface area contributed by atoms with Crippen LogP contribution in [-0.4, -0.2) is 13.0 Å². The van der Waals surface area contributed by atoms with Crippen molar-refractivity contribution in [3.05, 3.63) is 94.0 Å². The molecule has 6 heteroatoms. The average Bonchev–Trinajstić information content (AvgIpc) is 2.79. The van der Waals surface area contributed by atoms with Gasteiger partial charge < -0.3 is 14.8 Å².